The SMILES string of the molecule is CCN(CC)C(=O)C(=O)NC1CC(C)(C)NC(C)(C)C1. The summed E-state index contributed by atoms with van der Waals surface area (Å²) < 4.78 is 0. The van der Waals surface area contributed by atoms with E-state index >= 15 is 0 Å². The lowest BCUT2D eigenvalue weighted by Gasteiger charge is -2.46. The fraction of sp³-hybridized carbons (Fsp3) is 0.867. The second-order valence-electron chi connectivity index (χ2n) is 6.95. The van der Waals surface area contributed by atoms with Gasteiger partial charge in [-0.05, 0) is 54.4 Å². The van der Waals surface area contributed by atoms with Crippen molar-refractivity contribution in [2.45, 2.75) is 71.5 Å². The Morgan fingerprint density at radius 3 is 1.95 bits per heavy atom. The quantitative estimate of drug-likeness (QED) is 0.767. The number of hydrogen-bond acceptors (Lipinski definition) is 3. The molecule has 1 aliphatic rings. The Balaban J connectivity index is 2.68. The van der Waals surface area contributed by atoms with E-state index in [0.29, 0.717) is 13.1 Å². The van der Waals surface area contributed by atoms with Crippen LogP contribution in [0.15, 0.2) is 0 Å². The van der Waals surface area contributed by atoms with Crippen molar-refractivity contribution in [2.75, 3.05) is 13.1 Å². The van der Waals surface area contributed by atoms with Crippen LogP contribution in [0.4, 0.5) is 0 Å². The van der Waals surface area contributed by atoms with Gasteiger partial charge in [0.1, 0.15) is 0 Å². The average molecular weight is 283 g/mol. The molecule has 5 nitrogen and oxygen atoms in total. The van der Waals surface area contributed by atoms with Crippen molar-refractivity contribution in [3.8, 4) is 0 Å². The van der Waals surface area contributed by atoms with Crippen LogP contribution in [0.5, 0.6) is 0 Å². The largest absolute Gasteiger partial charge is 0.345 e. The number of amides is 2. The molecule has 0 aliphatic carbocycles. The molecule has 1 saturated heterocycles. The van der Waals surface area contributed by atoms with Gasteiger partial charge >= 0.3 is 11.8 Å². The molecule has 0 aromatic heterocycles. The van der Waals surface area contributed by atoms with Crippen molar-refractivity contribution in [3.05, 3.63) is 0 Å². The zero-order chi connectivity index (χ0) is 15.6. The third-order valence-electron chi connectivity index (χ3n) is 3.77. The van der Waals surface area contributed by atoms with E-state index in [1.54, 1.807) is 4.90 Å². The Morgan fingerprint density at radius 1 is 1.10 bits per heavy atom. The first-order valence-corrected chi connectivity index (χ1v) is 7.49. The molecule has 2 amide bonds. The summed E-state index contributed by atoms with van der Waals surface area (Å²) in [5.74, 6) is -0.906. The predicted molar refractivity (Wildman–Crippen MR) is 80.4 cm³/mol. The summed E-state index contributed by atoms with van der Waals surface area (Å²) in [5, 5.41) is 6.47. The number of nitrogens with one attached hydrogen (secondary N) is 2. The summed E-state index contributed by atoms with van der Waals surface area (Å²) in [6, 6.07) is 0.0354. The van der Waals surface area contributed by atoms with Crippen molar-refractivity contribution in [3.63, 3.8) is 0 Å². The maximum atomic E-state index is 12.1. The molecule has 0 aromatic rings. The molecule has 116 valence electrons. The van der Waals surface area contributed by atoms with Crippen LogP contribution in [0.3, 0.4) is 0 Å². The van der Waals surface area contributed by atoms with E-state index < -0.39 is 11.8 Å². The van der Waals surface area contributed by atoms with E-state index in [4.69, 9.17) is 0 Å². The van der Waals surface area contributed by atoms with Crippen LogP contribution in [0.2, 0.25) is 0 Å². The second kappa shape index (κ2) is 6.12. The van der Waals surface area contributed by atoms with Gasteiger partial charge in [-0.25, -0.2) is 0 Å². The summed E-state index contributed by atoms with van der Waals surface area (Å²) >= 11 is 0. The van der Waals surface area contributed by atoms with Crippen LogP contribution < -0.4 is 10.6 Å². The van der Waals surface area contributed by atoms with E-state index in [1.807, 2.05) is 13.8 Å². The zero-order valence-corrected chi connectivity index (χ0v) is 13.7. The molecule has 0 bridgehead atoms. The summed E-state index contributed by atoms with van der Waals surface area (Å²) in [5.41, 5.74) is -0.0874. The highest BCUT2D eigenvalue weighted by atomic mass is 16.2. The molecule has 0 aromatic carbocycles. The van der Waals surface area contributed by atoms with Crippen molar-refractivity contribution >= 4 is 11.8 Å². The van der Waals surface area contributed by atoms with Gasteiger partial charge in [-0.15, -0.1) is 0 Å². The minimum atomic E-state index is -0.479. The van der Waals surface area contributed by atoms with Crippen LogP contribution in [0, 0.1) is 0 Å². The Bertz CT molecular complexity index is 357. The first-order chi connectivity index (χ1) is 9.10. The molecule has 0 atom stereocenters. The average Bonchev–Trinajstić information content (AvgIpc) is 2.25. The molecular weight excluding hydrogens is 254 g/mol. The van der Waals surface area contributed by atoms with E-state index in [9.17, 15) is 9.59 Å². The van der Waals surface area contributed by atoms with Gasteiger partial charge in [0.05, 0.1) is 0 Å². The van der Waals surface area contributed by atoms with E-state index in [2.05, 4.69) is 38.3 Å². The highest BCUT2D eigenvalue weighted by Gasteiger charge is 2.38. The molecule has 5 heteroatoms. The minimum Gasteiger partial charge on any atom is -0.345 e. The van der Waals surface area contributed by atoms with Crippen LogP contribution >= 0.6 is 0 Å². The van der Waals surface area contributed by atoms with E-state index in [-0.39, 0.29) is 17.1 Å². The number of piperidine rings is 1. The molecule has 20 heavy (non-hydrogen) atoms. The molecule has 0 unspecified atom stereocenters. The predicted octanol–water partition coefficient (Wildman–Crippen LogP) is 1.28. The third kappa shape index (κ3) is 4.47. The maximum Gasteiger partial charge on any atom is 0.311 e. The molecule has 1 fully saturated rings. The van der Waals surface area contributed by atoms with Gasteiger partial charge in [-0.3, -0.25) is 9.59 Å². The lowest BCUT2D eigenvalue weighted by atomic mass is 9.79. The van der Waals surface area contributed by atoms with Crippen LogP contribution in [0.25, 0.3) is 0 Å². The molecule has 0 radical (unpaired) electrons. The van der Waals surface area contributed by atoms with Crippen molar-refractivity contribution in [2.24, 2.45) is 0 Å². The normalized spacial score (nSPS) is 21.3. The second-order valence-corrected chi connectivity index (χ2v) is 6.95. The lowest BCUT2D eigenvalue weighted by Crippen LogP contribution is -2.63. The zero-order valence-electron chi connectivity index (χ0n) is 13.7. The number of likely N-dealkylation sites (N-methyl/N-ethyl adjacent to an activating group) is 1. The Labute approximate surface area is 122 Å². The van der Waals surface area contributed by atoms with Crippen LogP contribution in [0.1, 0.15) is 54.4 Å². The number of hydrogen-bond donors (Lipinski definition) is 2. The van der Waals surface area contributed by atoms with Gasteiger partial charge in [0.25, 0.3) is 0 Å². The Morgan fingerprint density at radius 2 is 1.55 bits per heavy atom. The summed E-state index contributed by atoms with van der Waals surface area (Å²) in [7, 11) is 0. The van der Waals surface area contributed by atoms with Gasteiger partial charge in [0, 0.05) is 30.2 Å². The Hall–Kier alpha value is -1.10. The van der Waals surface area contributed by atoms with Crippen molar-refractivity contribution in [1.29, 1.82) is 0 Å². The number of nitrogens with zero attached hydrogens (tertiary/aromatic N) is 1. The summed E-state index contributed by atoms with van der Waals surface area (Å²) in [4.78, 5) is 25.6. The van der Waals surface area contributed by atoms with Crippen molar-refractivity contribution < 1.29 is 9.59 Å². The summed E-state index contributed by atoms with van der Waals surface area (Å²) in [6.07, 6.45) is 1.65. The number of carbonyl (C=O) groups is 2. The fourth-order valence-corrected chi connectivity index (χ4v) is 3.33. The molecule has 2 N–H and O–H groups in total. The van der Waals surface area contributed by atoms with E-state index in [1.165, 1.54) is 0 Å². The molecule has 1 heterocycles. The molecule has 0 spiro atoms. The van der Waals surface area contributed by atoms with E-state index in [0.717, 1.165) is 12.8 Å². The molecule has 1 rings (SSSR count). The maximum absolute atomic E-state index is 12.1. The monoisotopic (exact) mass is 283 g/mol. The first kappa shape index (κ1) is 17.0. The van der Waals surface area contributed by atoms with Crippen LogP contribution in [-0.4, -0.2) is 46.9 Å². The number of carbonyl (C=O) groups excluding carboxylic acids is 2. The number of rotatable bonds is 3. The standard InChI is InChI=1S/C15H29N3O2/c1-7-18(8-2)13(20)12(19)16-11-9-14(3,4)17-15(5,6)10-11/h11,17H,7-10H2,1-6H3,(H,16,19). The third-order valence-corrected chi connectivity index (χ3v) is 3.77. The van der Waals surface area contributed by atoms with Gasteiger partial charge < -0.3 is 15.5 Å². The van der Waals surface area contributed by atoms with Gasteiger partial charge in [0.2, 0.25) is 0 Å². The molecule has 1 aliphatic heterocycles. The lowest BCUT2D eigenvalue weighted by molar-refractivity contribution is -0.146. The van der Waals surface area contributed by atoms with Gasteiger partial charge in [-0.2, -0.15) is 0 Å². The molecule has 0 saturated carbocycles. The van der Waals surface area contributed by atoms with Crippen molar-refractivity contribution in [1.82, 2.24) is 15.5 Å². The van der Waals surface area contributed by atoms with Gasteiger partial charge in [0.15, 0.2) is 0 Å². The highest BCUT2D eigenvalue weighted by molar-refractivity contribution is 6.35. The topological polar surface area (TPSA) is 61.4 Å². The first-order valence-electron chi connectivity index (χ1n) is 7.49. The smallest absolute Gasteiger partial charge is 0.311 e. The highest BCUT2D eigenvalue weighted by Crippen LogP contribution is 2.28. The fourth-order valence-electron chi connectivity index (χ4n) is 3.33. The van der Waals surface area contributed by atoms with Gasteiger partial charge in [-0.1, -0.05) is 0 Å². The summed E-state index contributed by atoms with van der Waals surface area (Å²) in [6.45, 7) is 13.4. The Kier molecular flexibility index (Phi) is 5.19. The molecular formula is C15H29N3O2. The minimum absolute atomic E-state index is 0.0354. The van der Waals surface area contributed by atoms with Crippen LogP contribution in [-0.2, 0) is 9.59 Å².